The van der Waals surface area contributed by atoms with Crippen molar-refractivity contribution in [1.29, 1.82) is 0 Å². The van der Waals surface area contributed by atoms with Crippen LogP contribution < -0.4 is 4.72 Å². The van der Waals surface area contributed by atoms with Crippen LogP contribution in [0.15, 0.2) is 72.5 Å². The summed E-state index contributed by atoms with van der Waals surface area (Å²) in [5.74, 6) is 0. The summed E-state index contributed by atoms with van der Waals surface area (Å²) in [4.78, 5) is 0. The molecule has 0 fully saturated rings. The van der Waals surface area contributed by atoms with Crippen LogP contribution in [-0.2, 0) is 22.9 Å². The van der Waals surface area contributed by atoms with Crippen molar-refractivity contribution in [3.63, 3.8) is 0 Å². The van der Waals surface area contributed by atoms with Gasteiger partial charge in [0.1, 0.15) is 0 Å². The number of hydrogen-bond donors (Lipinski definition) is 1. The molecule has 1 aliphatic rings. The fourth-order valence-electron chi connectivity index (χ4n) is 3.61. The van der Waals surface area contributed by atoms with Crippen molar-refractivity contribution in [3.05, 3.63) is 105 Å². The van der Waals surface area contributed by atoms with Gasteiger partial charge in [0.2, 0.25) is 10.0 Å². The Bertz CT molecular complexity index is 1240. The van der Waals surface area contributed by atoms with Crippen molar-refractivity contribution in [2.24, 2.45) is 0 Å². The van der Waals surface area contributed by atoms with Crippen LogP contribution in [0.2, 0.25) is 5.02 Å². The highest BCUT2D eigenvalue weighted by Crippen LogP contribution is 2.35. The number of halogens is 1. The summed E-state index contributed by atoms with van der Waals surface area (Å²) in [5.41, 5.74) is 10.7. The van der Waals surface area contributed by atoms with Crippen LogP contribution in [0.4, 0.5) is 5.69 Å². The molecule has 146 valence electrons. The number of hydrogen-bond acceptors (Lipinski definition) is 2. The average Bonchev–Trinajstić information content (AvgIpc) is 2.84. The third-order valence-corrected chi connectivity index (χ3v) is 5.88. The van der Waals surface area contributed by atoms with E-state index in [4.69, 9.17) is 11.6 Å². The molecule has 3 nitrogen and oxygen atoms in total. The van der Waals surface area contributed by atoms with Gasteiger partial charge >= 0.3 is 0 Å². The Kier molecular flexibility index (Phi) is 5.33. The number of nitrogens with one attached hydrogen (secondary N) is 1. The van der Waals surface area contributed by atoms with Crippen molar-refractivity contribution in [3.8, 4) is 0 Å². The maximum absolute atomic E-state index is 11.4. The molecule has 0 aliphatic heterocycles. The molecule has 1 N–H and O–H groups in total. The summed E-state index contributed by atoms with van der Waals surface area (Å²) in [6, 6.07) is 21.6. The normalized spacial score (nSPS) is 13.0. The van der Waals surface area contributed by atoms with Gasteiger partial charge in [0.25, 0.3) is 0 Å². The molecule has 3 aromatic carbocycles. The molecular formula is C24H20ClNO2S. The average molecular weight is 422 g/mol. The van der Waals surface area contributed by atoms with Crippen LogP contribution in [0.25, 0.3) is 11.6 Å². The summed E-state index contributed by atoms with van der Waals surface area (Å²) in [7, 11) is -3.29. The predicted molar refractivity (Wildman–Crippen MR) is 121 cm³/mol. The lowest BCUT2D eigenvalue weighted by Gasteiger charge is -2.10. The molecule has 3 aromatic rings. The molecule has 4 rings (SSSR count). The summed E-state index contributed by atoms with van der Waals surface area (Å²) in [6.45, 7) is 0. The minimum Gasteiger partial charge on any atom is -0.284 e. The Morgan fingerprint density at radius 3 is 2.41 bits per heavy atom. The predicted octanol–water partition coefficient (Wildman–Crippen LogP) is 5.55. The maximum atomic E-state index is 11.4. The lowest BCUT2D eigenvalue weighted by Crippen LogP contribution is -2.09. The van der Waals surface area contributed by atoms with Crippen LogP contribution in [0, 0.1) is 0 Å². The van der Waals surface area contributed by atoms with Crippen molar-refractivity contribution in [2.45, 2.75) is 12.8 Å². The van der Waals surface area contributed by atoms with Gasteiger partial charge in [-0.1, -0.05) is 60.1 Å². The second-order valence-electron chi connectivity index (χ2n) is 7.08. The van der Waals surface area contributed by atoms with Gasteiger partial charge in [-0.3, -0.25) is 4.72 Å². The van der Waals surface area contributed by atoms with Gasteiger partial charge in [0, 0.05) is 16.3 Å². The highest BCUT2D eigenvalue weighted by atomic mass is 35.5. The Labute approximate surface area is 176 Å². The van der Waals surface area contributed by atoms with E-state index in [0.29, 0.717) is 5.69 Å². The van der Waals surface area contributed by atoms with E-state index in [9.17, 15) is 8.42 Å². The van der Waals surface area contributed by atoms with Crippen LogP contribution in [0.1, 0.15) is 27.8 Å². The first-order chi connectivity index (χ1) is 13.9. The molecule has 1 aliphatic carbocycles. The number of fused-ring (bicyclic) bond motifs is 2. The smallest absolute Gasteiger partial charge is 0.229 e. The van der Waals surface area contributed by atoms with Crippen LogP contribution >= 0.6 is 11.6 Å². The van der Waals surface area contributed by atoms with Crippen molar-refractivity contribution >= 4 is 39.0 Å². The highest BCUT2D eigenvalue weighted by molar-refractivity contribution is 7.92. The van der Waals surface area contributed by atoms with Crippen LogP contribution in [0.5, 0.6) is 0 Å². The van der Waals surface area contributed by atoms with Gasteiger partial charge in [-0.2, -0.15) is 0 Å². The molecule has 0 spiro atoms. The fourth-order valence-corrected chi connectivity index (χ4v) is 4.44. The zero-order valence-corrected chi connectivity index (χ0v) is 17.5. The third kappa shape index (κ3) is 4.46. The van der Waals surface area contributed by atoms with E-state index in [0.717, 1.165) is 46.4 Å². The third-order valence-electron chi connectivity index (χ3n) is 4.92. The van der Waals surface area contributed by atoms with Gasteiger partial charge in [-0.25, -0.2) is 8.42 Å². The number of aryl methyl sites for hydroxylation is 1. The largest absolute Gasteiger partial charge is 0.284 e. The zero-order valence-electron chi connectivity index (χ0n) is 15.9. The van der Waals surface area contributed by atoms with Crippen LogP contribution in [-0.4, -0.2) is 14.7 Å². The minimum absolute atomic E-state index is 0.536. The molecule has 0 aromatic heterocycles. The summed E-state index contributed by atoms with van der Waals surface area (Å²) < 4.78 is 25.2. The molecule has 0 bridgehead atoms. The highest BCUT2D eigenvalue weighted by Gasteiger charge is 2.19. The summed E-state index contributed by atoms with van der Waals surface area (Å²) in [6.07, 6.45) is 4.89. The molecule has 5 heteroatoms. The second-order valence-corrected chi connectivity index (χ2v) is 9.24. The van der Waals surface area contributed by atoms with E-state index in [1.165, 1.54) is 11.1 Å². The number of sulfonamides is 1. The number of benzene rings is 3. The molecule has 29 heavy (non-hydrogen) atoms. The van der Waals surface area contributed by atoms with E-state index >= 15 is 0 Å². The second kappa shape index (κ2) is 7.92. The molecule has 0 unspecified atom stereocenters. The SMILES string of the molecule is CS(=O)(=O)Nc1ccc(C=C=C2c3ccccc3CCc3c(Cl)cccc32)cc1. The fraction of sp³-hybridized carbons (Fsp3) is 0.125. The maximum Gasteiger partial charge on any atom is 0.229 e. The van der Waals surface area contributed by atoms with Crippen LogP contribution in [0.3, 0.4) is 0 Å². The molecule has 0 saturated carbocycles. The Hall–Kier alpha value is -2.78. The zero-order chi connectivity index (χ0) is 20.4. The van der Waals surface area contributed by atoms with Crippen molar-refractivity contribution < 1.29 is 8.42 Å². The van der Waals surface area contributed by atoms with E-state index in [-0.39, 0.29) is 0 Å². The quantitative estimate of drug-likeness (QED) is 0.563. The standard InChI is InChI=1S/C24H20ClNO2S/c1-29(27,28)26-19-13-9-17(10-14-19)11-15-22-20-6-3-2-5-18(20)12-16-23-21(22)7-4-8-24(23)25/h2-11,13-14,26H,12,16H2,1H3. The number of rotatable bonds is 3. The first-order valence-corrected chi connectivity index (χ1v) is 11.6. The van der Waals surface area contributed by atoms with Crippen molar-refractivity contribution in [1.82, 2.24) is 0 Å². The van der Waals surface area contributed by atoms with E-state index in [1.807, 2.05) is 36.4 Å². The first kappa shape index (κ1) is 19.5. The monoisotopic (exact) mass is 421 g/mol. The van der Waals surface area contributed by atoms with Gasteiger partial charge in [-0.15, -0.1) is 5.73 Å². The Morgan fingerprint density at radius 2 is 1.66 bits per heavy atom. The van der Waals surface area contributed by atoms with Gasteiger partial charge < -0.3 is 0 Å². The Morgan fingerprint density at radius 1 is 0.931 bits per heavy atom. The molecule has 0 radical (unpaired) electrons. The first-order valence-electron chi connectivity index (χ1n) is 9.31. The van der Waals surface area contributed by atoms with Crippen molar-refractivity contribution in [2.75, 3.05) is 11.0 Å². The molecule has 0 heterocycles. The molecule has 0 saturated heterocycles. The lowest BCUT2D eigenvalue weighted by molar-refractivity contribution is 0.607. The summed E-state index contributed by atoms with van der Waals surface area (Å²) in [5, 5.41) is 0.783. The van der Waals surface area contributed by atoms with E-state index in [1.54, 1.807) is 12.1 Å². The molecular weight excluding hydrogens is 402 g/mol. The molecule has 0 amide bonds. The van der Waals surface area contributed by atoms with E-state index < -0.39 is 10.0 Å². The van der Waals surface area contributed by atoms with Gasteiger partial charge in [0.05, 0.1) is 6.26 Å². The topological polar surface area (TPSA) is 46.2 Å². The van der Waals surface area contributed by atoms with Gasteiger partial charge in [0.15, 0.2) is 0 Å². The minimum atomic E-state index is -3.29. The molecule has 0 atom stereocenters. The number of anilines is 1. The Balaban J connectivity index is 1.81. The van der Waals surface area contributed by atoms with E-state index in [2.05, 4.69) is 34.7 Å². The summed E-state index contributed by atoms with van der Waals surface area (Å²) >= 11 is 6.50. The lowest BCUT2D eigenvalue weighted by atomic mass is 9.94. The van der Waals surface area contributed by atoms with Gasteiger partial charge in [-0.05, 0) is 64.9 Å².